The quantitative estimate of drug-likeness (QED) is 0.798. The summed E-state index contributed by atoms with van der Waals surface area (Å²) in [5, 5.41) is 12.0. The van der Waals surface area contributed by atoms with E-state index in [9.17, 15) is 14.7 Å². The smallest absolute Gasteiger partial charge is 0.408 e. The van der Waals surface area contributed by atoms with Crippen LogP contribution in [-0.4, -0.2) is 34.9 Å². The highest BCUT2D eigenvalue weighted by molar-refractivity contribution is 5.84. The molecular formula is C18H27NO5. The molecule has 2 atom stereocenters. The van der Waals surface area contributed by atoms with Gasteiger partial charge in [0.25, 0.3) is 0 Å². The van der Waals surface area contributed by atoms with Crippen molar-refractivity contribution in [2.24, 2.45) is 5.92 Å². The number of benzene rings is 1. The minimum Gasteiger partial charge on any atom is -0.480 e. The van der Waals surface area contributed by atoms with E-state index in [1.165, 1.54) is 6.92 Å². The van der Waals surface area contributed by atoms with E-state index in [4.69, 9.17) is 9.47 Å². The predicted octanol–water partition coefficient (Wildman–Crippen LogP) is 3.21. The normalized spacial score (nSPS) is 15.2. The summed E-state index contributed by atoms with van der Waals surface area (Å²) in [5.74, 6) is -1.59. The van der Waals surface area contributed by atoms with Crippen LogP contribution in [0.25, 0.3) is 0 Å². The van der Waals surface area contributed by atoms with Gasteiger partial charge in [-0.3, -0.25) is 0 Å². The number of carbonyl (C=O) groups is 2. The molecule has 1 amide bonds. The van der Waals surface area contributed by atoms with Crippen LogP contribution in [0.1, 0.15) is 40.2 Å². The number of amides is 1. The van der Waals surface area contributed by atoms with E-state index < -0.39 is 29.1 Å². The Morgan fingerprint density at radius 2 is 1.75 bits per heavy atom. The summed E-state index contributed by atoms with van der Waals surface area (Å²) in [6.07, 6.45) is -0.762. The average molecular weight is 337 g/mol. The topological polar surface area (TPSA) is 84.9 Å². The highest BCUT2D eigenvalue weighted by atomic mass is 16.6. The van der Waals surface area contributed by atoms with Crippen LogP contribution in [0.2, 0.25) is 0 Å². The molecule has 0 saturated carbocycles. The maximum Gasteiger partial charge on any atom is 0.408 e. The van der Waals surface area contributed by atoms with Crippen LogP contribution in [-0.2, 0) is 20.9 Å². The molecule has 0 spiro atoms. The van der Waals surface area contributed by atoms with Crippen LogP contribution >= 0.6 is 0 Å². The molecule has 0 aliphatic rings. The van der Waals surface area contributed by atoms with Gasteiger partial charge >= 0.3 is 12.1 Å². The van der Waals surface area contributed by atoms with Crippen LogP contribution in [0.3, 0.4) is 0 Å². The average Bonchev–Trinajstić information content (AvgIpc) is 2.45. The van der Waals surface area contributed by atoms with E-state index >= 15 is 0 Å². The molecule has 134 valence electrons. The van der Waals surface area contributed by atoms with Crippen LogP contribution in [0.4, 0.5) is 4.79 Å². The van der Waals surface area contributed by atoms with Crippen molar-refractivity contribution >= 4 is 12.1 Å². The molecule has 1 aromatic rings. The number of carbonyl (C=O) groups excluding carboxylic acids is 1. The molecule has 6 nitrogen and oxygen atoms in total. The van der Waals surface area contributed by atoms with Crippen molar-refractivity contribution in [2.45, 2.75) is 52.4 Å². The lowest BCUT2D eigenvalue weighted by molar-refractivity contribution is -0.147. The summed E-state index contributed by atoms with van der Waals surface area (Å²) in [6.45, 7) is 8.90. The fourth-order valence-electron chi connectivity index (χ4n) is 2.00. The van der Waals surface area contributed by atoms with E-state index in [1.54, 1.807) is 27.7 Å². The summed E-state index contributed by atoms with van der Waals surface area (Å²) < 4.78 is 10.8. The molecule has 0 aliphatic heterocycles. The van der Waals surface area contributed by atoms with E-state index in [0.29, 0.717) is 6.61 Å². The Labute approximate surface area is 143 Å². The lowest BCUT2D eigenvalue weighted by Gasteiger charge is -2.33. The number of carboxylic acid groups (broad SMARTS) is 1. The third-order valence-corrected chi connectivity index (χ3v) is 3.67. The van der Waals surface area contributed by atoms with E-state index in [1.807, 2.05) is 30.3 Å². The zero-order valence-corrected chi connectivity index (χ0v) is 15.0. The number of carboxylic acids is 1. The van der Waals surface area contributed by atoms with Gasteiger partial charge in [-0.2, -0.15) is 0 Å². The Balaban J connectivity index is 2.64. The lowest BCUT2D eigenvalue weighted by atomic mass is 9.87. The van der Waals surface area contributed by atoms with Gasteiger partial charge in [0.1, 0.15) is 11.1 Å². The molecule has 1 rings (SSSR count). The second-order valence-electron chi connectivity index (χ2n) is 7.04. The van der Waals surface area contributed by atoms with Gasteiger partial charge in [-0.25, -0.2) is 9.59 Å². The number of hydrogen-bond acceptors (Lipinski definition) is 4. The van der Waals surface area contributed by atoms with Gasteiger partial charge in [0.2, 0.25) is 0 Å². The maximum absolute atomic E-state index is 11.9. The zero-order valence-electron chi connectivity index (χ0n) is 15.0. The van der Waals surface area contributed by atoms with Crippen molar-refractivity contribution in [2.75, 3.05) is 6.61 Å². The van der Waals surface area contributed by atoms with Gasteiger partial charge in [-0.1, -0.05) is 37.3 Å². The van der Waals surface area contributed by atoms with Gasteiger partial charge < -0.3 is 19.9 Å². The van der Waals surface area contributed by atoms with Crippen molar-refractivity contribution < 1.29 is 24.2 Å². The summed E-state index contributed by atoms with van der Waals surface area (Å²) in [4.78, 5) is 23.6. The highest BCUT2D eigenvalue weighted by Crippen LogP contribution is 2.20. The number of rotatable bonds is 7. The zero-order chi connectivity index (χ0) is 18.4. The van der Waals surface area contributed by atoms with Crippen molar-refractivity contribution in [3.8, 4) is 0 Å². The van der Waals surface area contributed by atoms with Crippen LogP contribution in [0.15, 0.2) is 30.3 Å². The number of nitrogens with one attached hydrogen (secondary N) is 1. The first-order valence-corrected chi connectivity index (χ1v) is 7.91. The van der Waals surface area contributed by atoms with E-state index in [-0.39, 0.29) is 6.61 Å². The number of alkyl carbamates (subject to hydrolysis) is 1. The molecular weight excluding hydrogens is 310 g/mol. The highest BCUT2D eigenvalue weighted by Gasteiger charge is 2.41. The molecule has 2 N–H and O–H groups in total. The number of aliphatic carboxylic acids is 1. The molecule has 0 radical (unpaired) electrons. The van der Waals surface area contributed by atoms with Crippen molar-refractivity contribution in [1.82, 2.24) is 5.32 Å². The second kappa shape index (κ2) is 8.15. The van der Waals surface area contributed by atoms with Crippen LogP contribution < -0.4 is 5.32 Å². The Hall–Kier alpha value is -2.08. The van der Waals surface area contributed by atoms with Crippen molar-refractivity contribution in [1.29, 1.82) is 0 Å². The first-order valence-electron chi connectivity index (χ1n) is 7.91. The van der Waals surface area contributed by atoms with Crippen LogP contribution in [0, 0.1) is 5.92 Å². The lowest BCUT2D eigenvalue weighted by Crippen LogP contribution is -2.58. The molecule has 0 bridgehead atoms. The van der Waals surface area contributed by atoms with Gasteiger partial charge in [0, 0.05) is 5.92 Å². The minimum atomic E-state index is -1.49. The Bertz CT molecular complexity index is 552. The minimum absolute atomic E-state index is 0.188. The molecule has 6 heteroatoms. The molecule has 0 heterocycles. The van der Waals surface area contributed by atoms with E-state index in [2.05, 4.69) is 5.32 Å². The number of ether oxygens (including phenoxy) is 2. The summed E-state index contributed by atoms with van der Waals surface area (Å²) in [7, 11) is 0. The second-order valence-corrected chi connectivity index (χ2v) is 7.04. The molecule has 24 heavy (non-hydrogen) atoms. The Morgan fingerprint density at radius 1 is 1.17 bits per heavy atom. The van der Waals surface area contributed by atoms with Gasteiger partial charge in [0.15, 0.2) is 0 Å². The Morgan fingerprint density at radius 3 is 2.25 bits per heavy atom. The SMILES string of the molecule is CC(COCc1ccccc1)[C@@](C)(NC(=O)OC(C)(C)C)C(=O)O. The first kappa shape index (κ1) is 20.0. The van der Waals surface area contributed by atoms with Gasteiger partial charge in [-0.15, -0.1) is 0 Å². The third kappa shape index (κ3) is 6.20. The molecule has 0 fully saturated rings. The summed E-state index contributed by atoms with van der Waals surface area (Å²) in [6, 6.07) is 9.60. The first-order chi connectivity index (χ1) is 11.0. The summed E-state index contributed by atoms with van der Waals surface area (Å²) in [5.41, 5.74) is -1.18. The summed E-state index contributed by atoms with van der Waals surface area (Å²) >= 11 is 0. The molecule has 0 saturated heterocycles. The van der Waals surface area contributed by atoms with Gasteiger partial charge in [-0.05, 0) is 33.3 Å². The monoisotopic (exact) mass is 337 g/mol. The predicted molar refractivity (Wildman–Crippen MR) is 90.7 cm³/mol. The van der Waals surface area contributed by atoms with Crippen LogP contribution in [0.5, 0.6) is 0 Å². The Kier molecular flexibility index (Phi) is 6.78. The molecule has 0 aliphatic carbocycles. The fourth-order valence-corrected chi connectivity index (χ4v) is 2.00. The molecule has 0 aromatic heterocycles. The molecule has 1 aromatic carbocycles. The van der Waals surface area contributed by atoms with Crippen molar-refractivity contribution in [3.05, 3.63) is 35.9 Å². The molecule has 1 unspecified atom stereocenters. The standard InChI is InChI=1S/C18H27NO5/c1-13(11-23-12-14-9-7-6-8-10-14)18(5,15(20)21)19-16(22)24-17(2,3)4/h6-10,13H,11-12H2,1-5H3,(H,19,22)(H,20,21)/t13?,18-/m1/s1. The van der Waals surface area contributed by atoms with E-state index in [0.717, 1.165) is 5.56 Å². The van der Waals surface area contributed by atoms with Gasteiger partial charge in [0.05, 0.1) is 13.2 Å². The third-order valence-electron chi connectivity index (χ3n) is 3.67. The number of hydrogen-bond donors (Lipinski definition) is 2. The van der Waals surface area contributed by atoms with Crippen molar-refractivity contribution in [3.63, 3.8) is 0 Å². The fraction of sp³-hybridized carbons (Fsp3) is 0.556. The maximum atomic E-state index is 11.9. The largest absolute Gasteiger partial charge is 0.480 e.